The Kier molecular flexibility index (Phi) is 5.48. The van der Waals surface area contributed by atoms with Crippen molar-refractivity contribution in [1.29, 1.82) is 0 Å². The molecule has 0 bridgehead atoms. The van der Waals surface area contributed by atoms with Crippen LogP contribution in [-0.2, 0) is 4.74 Å². The number of hydrogen-bond donors (Lipinski definition) is 3. The minimum absolute atomic E-state index is 0.269. The molecular formula is C11H21N5O. The Morgan fingerprint density at radius 3 is 2.59 bits per heavy atom. The van der Waals surface area contributed by atoms with Gasteiger partial charge in [0.15, 0.2) is 0 Å². The van der Waals surface area contributed by atoms with Crippen molar-refractivity contribution >= 4 is 17.6 Å². The van der Waals surface area contributed by atoms with Crippen molar-refractivity contribution in [2.24, 2.45) is 5.92 Å². The number of anilines is 3. The third kappa shape index (κ3) is 4.86. The van der Waals surface area contributed by atoms with Crippen LogP contribution in [0.2, 0.25) is 0 Å². The summed E-state index contributed by atoms with van der Waals surface area (Å²) >= 11 is 0. The molecule has 0 saturated carbocycles. The lowest BCUT2D eigenvalue weighted by Gasteiger charge is -2.13. The van der Waals surface area contributed by atoms with Crippen LogP contribution in [0.1, 0.15) is 13.8 Å². The zero-order valence-corrected chi connectivity index (χ0v) is 10.7. The zero-order valence-electron chi connectivity index (χ0n) is 10.7. The Hall–Kier alpha value is -1.56. The second-order valence-corrected chi connectivity index (χ2v) is 3.97. The summed E-state index contributed by atoms with van der Waals surface area (Å²) in [5.74, 6) is 2.16. The number of nitrogens with one attached hydrogen (secondary N) is 2. The maximum Gasteiger partial charge on any atom is 0.223 e. The summed E-state index contributed by atoms with van der Waals surface area (Å²) in [5.41, 5.74) is 5.63. The maximum absolute atomic E-state index is 5.63. The number of nitrogens with zero attached hydrogens (tertiary/aromatic N) is 2. The van der Waals surface area contributed by atoms with E-state index in [-0.39, 0.29) is 5.95 Å². The first-order valence-corrected chi connectivity index (χ1v) is 5.77. The van der Waals surface area contributed by atoms with Gasteiger partial charge in [-0.15, -0.1) is 0 Å². The van der Waals surface area contributed by atoms with Crippen LogP contribution < -0.4 is 16.4 Å². The predicted octanol–water partition coefficient (Wildman–Crippen LogP) is 1.18. The van der Waals surface area contributed by atoms with Crippen LogP contribution in [0.25, 0.3) is 0 Å². The number of rotatable bonds is 7. The lowest BCUT2D eigenvalue weighted by molar-refractivity contribution is 0.164. The zero-order chi connectivity index (χ0) is 12.7. The van der Waals surface area contributed by atoms with Gasteiger partial charge in [-0.2, -0.15) is 9.97 Å². The van der Waals surface area contributed by atoms with E-state index in [4.69, 9.17) is 10.5 Å². The van der Waals surface area contributed by atoms with Gasteiger partial charge in [0.1, 0.15) is 11.6 Å². The minimum atomic E-state index is 0.269. The van der Waals surface area contributed by atoms with E-state index in [9.17, 15) is 0 Å². The van der Waals surface area contributed by atoms with Crippen molar-refractivity contribution in [3.8, 4) is 0 Å². The predicted molar refractivity (Wildman–Crippen MR) is 70.1 cm³/mol. The Bertz CT molecular complexity index is 345. The largest absolute Gasteiger partial charge is 0.384 e. The highest BCUT2D eigenvalue weighted by molar-refractivity contribution is 5.50. The van der Waals surface area contributed by atoms with Crippen LogP contribution in [0.4, 0.5) is 17.6 Å². The van der Waals surface area contributed by atoms with E-state index >= 15 is 0 Å². The summed E-state index contributed by atoms with van der Waals surface area (Å²) < 4.78 is 5.07. The Morgan fingerprint density at radius 1 is 1.35 bits per heavy atom. The van der Waals surface area contributed by atoms with Crippen molar-refractivity contribution in [3.63, 3.8) is 0 Å². The summed E-state index contributed by atoms with van der Waals surface area (Å²) in [5, 5.41) is 6.32. The van der Waals surface area contributed by atoms with Crippen LogP contribution in [0.3, 0.4) is 0 Å². The normalized spacial score (nSPS) is 12.2. The number of methoxy groups -OCH3 is 1. The third-order valence-electron chi connectivity index (χ3n) is 2.18. The number of nitrogens with two attached hydrogens (primary N) is 1. The van der Waals surface area contributed by atoms with E-state index < -0.39 is 0 Å². The van der Waals surface area contributed by atoms with Crippen molar-refractivity contribution in [2.45, 2.75) is 13.8 Å². The summed E-state index contributed by atoms with van der Waals surface area (Å²) in [6, 6.07) is 1.85. The molecule has 0 aliphatic carbocycles. The molecule has 0 radical (unpaired) electrons. The first kappa shape index (κ1) is 13.5. The summed E-state index contributed by atoms with van der Waals surface area (Å²) in [4.78, 5) is 8.20. The molecule has 1 heterocycles. The monoisotopic (exact) mass is 239 g/mol. The molecule has 4 N–H and O–H groups in total. The van der Waals surface area contributed by atoms with Crippen molar-refractivity contribution in [3.05, 3.63) is 6.07 Å². The molecule has 0 aliphatic heterocycles. The lowest BCUT2D eigenvalue weighted by Crippen LogP contribution is -2.17. The van der Waals surface area contributed by atoms with E-state index in [1.54, 1.807) is 7.11 Å². The molecule has 0 fully saturated rings. The topological polar surface area (TPSA) is 85.1 Å². The summed E-state index contributed by atoms with van der Waals surface area (Å²) in [6.45, 7) is 6.41. The van der Waals surface area contributed by atoms with Gasteiger partial charge in [-0.25, -0.2) is 0 Å². The van der Waals surface area contributed by atoms with Gasteiger partial charge in [0.05, 0.1) is 6.61 Å². The highest BCUT2D eigenvalue weighted by Crippen LogP contribution is 2.12. The van der Waals surface area contributed by atoms with E-state index in [1.165, 1.54) is 0 Å². The smallest absolute Gasteiger partial charge is 0.223 e. The van der Waals surface area contributed by atoms with E-state index in [1.807, 2.05) is 13.0 Å². The first-order chi connectivity index (χ1) is 8.15. The molecule has 96 valence electrons. The standard InChI is InChI=1S/C11H21N5O/c1-4-13-9-5-10(16-11(12)15-9)14-6-8(2)7-17-3/h5,8H,4,6-7H2,1-3H3,(H4,12,13,14,15,16). The second kappa shape index (κ2) is 6.90. The Labute approximate surface area is 102 Å². The fourth-order valence-corrected chi connectivity index (χ4v) is 1.45. The molecular weight excluding hydrogens is 218 g/mol. The van der Waals surface area contributed by atoms with Crippen molar-refractivity contribution < 1.29 is 4.74 Å². The molecule has 1 atom stereocenters. The van der Waals surface area contributed by atoms with Gasteiger partial charge in [0.25, 0.3) is 0 Å². The average molecular weight is 239 g/mol. The maximum atomic E-state index is 5.63. The molecule has 6 heteroatoms. The molecule has 0 amide bonds. The summed E-state index contributed by atoms with van der Waals surface area (Å²) in [7, 11) is 1.70. The molecule has 0 aliphatic rings. The molecule has 17 heavy (non-hydrogen) atoms. The fourth-order valence-electron chi connectivity index (χ4n) is 1.45. The highest BCUT2D eigenvalue weighted by Gasteiger charge is 2.04. The third-order valence-corrected chi connectivity index (χ3v) is 2.18. The lowest BCUT2D eigenvalue weighted by atomic mass is 10.2. The van der Waals surface area contributed by atoms with Gasteiger partial charge in [0, 0.05) is 26.3 Å². The van der Waals surface area contributed by atoms with Crippen LogP contribution in [-0.4, -0.2) is 36.8 Å². The van der Waals surface area contributed by atoms with Crippen LogP contribution in [0, 0.1) is 5.92 Å². The SMILES string of the molecule is CCNc1cc(NCC(C)COC)nc(N)n1. The van der Waals surface area contributed by atoms with E-state index in [0.717, 1.165) is 24.7 Å². The molecule has 0 aromatic carbocycles. The number of hydrogen-bond acceptors (Lipinski definition) is 6. The van der Waals surface area contributed by atoms with Crippen molar-refractivity contribution in [2.75, 3.05) is 43.2 Å². The number of nitrogen functional groups attached to an aromatic ring is 1. The molecule has 1 unspecified atom stereocenters. The molecule has 0 spiro atoms. The molecule has 1 aromatic heterocycles. The summed E-state index contributed by atoms with van der Waals surface area (Å²) in [6.07, 6.45) is 0. The van der Waals surface area contributed by atoms with Gasteiger partial charge >= 0.3 is 0 Å². The van der Waals surface area contributed by atoms with Gasteiger partial charge in [0.2, 0.25) is 5.95 Å². The fraction of sp³-hybridized carbons (Fsp3) is 0.636. The van der Waals surface area contributed by atoms with Crippen LogP contribution in [0.5, 0.6) is 0 Å². The molecule has 1 aromatic rings. The van der Waals surface area contributed by atoms with Crippen LogP contribution >= 0.6 is 0 Å². The van der Waals surface area contributed by atoms with Crippen LogP contribution in [0.15, 0.2) is 6.07 Å². The second-order valence-electron chi connectivity index (χ2n) is 3.97. The van der Waals surface area contributed by atoms with Crippen molar-refractivity contribution in [1.82, 2.24) is 9.97 Å². The number of aromatic nitrogens is 2. The van der Waals surface area contributed by atoms with Gasteiger partial charge < -0.3 is 21.1 Å². The highest BCUT2D eigenvalue weighted by atomic mass is 16.5. The molecule has 0 saturated heterocycles. The Morgan fingerprint density at radius 2 is 2.00 bits per heavy atom. The van der Waals surface area contributed by atoms with Gasteiger partial charge in [-0.05, 0) is 12.8 Å². The average Bonchev–Trinajstić information content (AvgIpc) is 2.26. The van der Waals surface area contributed by atoms with E-state index in [2.05, 4.69) is 27.5 Å². The van der Waals surface area contributed by atoms with Gasteiger partial charge in [-0.1, -0.05) is 6.92 Å². The van der Waals surface area contributed by atoms with Gasteiger partial charge in [-0.3, -0.25) is 0 Å². The minimum Gasteiger partial charge on any atom is -0.384 e. The number of ether oxygens (including phenoxy) is 1. The molecule has 1 rings (SSSR count). The first-order valence-electron chi connectivity index (χ1n) is 5.77. The quantitative estimate of drug-likeness (QED) is 0.662. The Balaban J connectivity index is 2.57. The molecule has 6 nitrogen and oxygen atoms in total. The van der Waals surface area contributed by atoms with E-state index in [0.29, 0.717) is 12.5 Å².